The lowest BCUT2D eigenvalue weighted by Crippen LogP contribution is -2.43. The minimum absolute atomic E-state index is 0.265. The molecule has 2 saturated heterocycles. The summed E-state index contributed by atoms with van der Waals surface area (Å²) in [6.45, 7) is 4.92. The fourth-order valence-electron chi connectivity index (χ4n) is 4.88. The van der Waals surface area contributed by atoms with Crippen molar-refractivity contribution in [3.05, 3.63) is 42.2 Å². The van der Waals surface area contributed by atoms with Gasteiger partial charge in [-0.2, -0.15) is 0 Å². The maximum absolute atomic E-state index is 11.7. The largest absolute Gasteiger partial charge is 0.494 e. The predicted octanol–water partition coefficient (Wildman–Crippen LogP) is 2.01. The first-order chi connectivity index (χ1) is 16.8. The standard InChI is InChI=1S/C26H38N6O3/c1-29(2)23-16-24(28-20-27-23)32-14-11-26(34,19-32)18-30(3)17-21-7-9-22(10-8-21)35-15-5-13-31-12-4-6-25(31)33/h7-10,16,20,34H,4-6,11-15,17-19H2,1-3H3. The van der Waals surface area contributed by atoms with Crippen LogP contribution in [-0.2, 0) is 11.3 Å². The number of carbonyl (C=O) groups is 1. The van der Waals surface area contributed by atoms with Crippen LogP contribution in [0.15, 0.2) is 36.7 Å². The van der Waals surface area contributed by atoms with Crippen LogP contribution in [0.4, 0.5) is 11.6 Å². The second kappa shape index (κ2) is 11.2. The zero-order valence-electron chi connectivity index (χ0n) is 21.2. The van der Waals surface area contributed by atoms with Gasteiger partial charge >= 0.3 is 0 Å². The molecule has 3 heterocycles. The minimum atomic E-state index is -0.780. The number of aromatic nitrogens is 2. The molecule has 1 aromatic carbocycles. The maximum Gasteiger partial charge on any atom is 0.222 e. The lowest BCUT2D eigenvalue weighted by atomic mass is 10.0. The van der Waals surface area contributed by atoms with Crippen molar-refractivity contribution >= 4 is 17.5 Å². The molecule has 1 unspecified atom stereocenters. The summed E-state index contributed by atoms with van der Waals surface area (Å²) in [6, 6.07) is 10.1. The van der Waals surface area contributed by atoms with Crippen LogP contribution in [0.5, 0.6) is 5.75 Å². The lowest BCUT2D eigenvalue weighted by molar-refractivity contribution is -0.127. The Hall–Kier alpha value is -2.91. The zero-order chi connectivity index (χ0) is 24.8. The third kappa shape index (κ3) is 6.82. The van der Waals surface area contributed by atoms with Crippen molar-refractivity contribution in [2.45, 2.75) is 37.8 Å². The first kappa shape index (κ1) is 25.2. The second-order valence-electron chi connectivity index (χ2n) is 10.0. The smallest absolute Gasteiger partial charge is 0.222 e. The van der Waals surface area contributed by atoms with Crippen molar-refractivity contribution in [1.82, 2.24) is 19.8 Å². The van der Waals surface area contributed by atoms with Crippen LogP contribution in [0, 0.1) is 0 Å². The number of ether oxygens (including phenoxy) is 1. The molecule has 0 aliphatic carbocycles. The van der Waals surface area contributed by atoms with Gasteiger partial charge in [0, 0.05) is 65.9 Å². The van der Waals surface area contributed by atoms with Gasteiger partial charge in [0.05, 0.1) is 12.2 Å². The topological polar surface area (TPSA) is 85.3 Å². The number of β-amino-alcohol motifs (C(OH)–C–C–N with tert-alkyl or cyclic N) is 1. The van der Waals surface area contributed by atoms with Gasteiger partial charge in [-0.25, -0.2) is 9.97 Å². The highest BCUT2D eigenvalue weighted by Crippen LogP contribution is 2.28. The van der Waals surface area contributed by atoms with Crippen molar-refractivity contribution in [2.75, 3.05) is 70.3 Å². The number of carbonyl (C=O) groups excluding carboxylic acids is 1. The number of likely N-dealkylation sites (N-methyl/N-ethyl adjacent to an activating group) is 1. The summed E-state index contributed by atoms with van der Waals surface area (Å²) >= 11 is 0. The Kier molecular flexibility index (Phi) is 8.07. The molecule has 1 atom stereocenters. The number of aliphatic hydroxyl groups is 1. The Labute approximate surface area is 208 Å². The van der Waals surface area contributed by atoms with Crippen LogP contribution >= 0.6 is 0 Å². The van der Waals surface area contributed by atoms with Gasteiger partial charge in [-0.05, 0) is 44.0 Å². The summed E-state index contributed by atoms with van der Waals surface area (Å²) in [5.74, 6) is 2.82. The number of nitrogens with zero attached hydrogens (tertiary/aromatic N) is 6. The van der Waals surface area contributed by atoms with Gasteiger partial charge in [0.15, 0.2) is 0 Å². The van der Waals surface area contributed by atoms with Gasteiger partial charge in [-0.15, -0.1) is 0 Å². The van der Waals surface area contributed by atoms with Crippen molar-refractivity contribution in [3.8, 4) is 5.75 Å². The highest BCUT2D eigenvalue weighted by Gasteiger charge is 2.37. The average molecular weight is 483 g/mol. The van der Waals surface area contributed by atoms with Crippen LogP contribution in [-0.4, -0.2) is 96.9 Å². The highest BCUT2D eigenvalue weighted by atomic mass is 16.5. The quantitative estimate of drug-likeness (QED) is 0.487. The van der Waals surface area contributed by atoms with E-state index in [-0.39, 0.29) is 5.91 Å². The van der Waals surface area contributed by atoms with Gasteiger partial charge in [-0.1, -0.05) is 12.1 Å². The van der Waals surface area contributed by atoms with Gasteiger partial charge in [0.25, 0.3) is 0 Å². The fourth-order valence-corrected chi connectivity index (χ4v) is 4.88. The summed E-state index contributed by atoms with van der Waals surface area (Å²) < 4.78 is 5.85. The number of hydrogen-bond donors (Lipinski definition) is 1. The van der Waals surface area contributed by atoms with Crippen LogP contribution in [0.25, 0.3) is 0 Å². The summed E-state index contributed by atoms with van der Waals surface area (Å²) in [4.78, 5) is 28.5. The van der Waals surface area contributed by atoms with Crippen LogP contribution in [0.3, 0.4) is 0 Å². The summed E-state index contributed by atoms with van der Waals surface area (Å²) in [5, 5.41) is 11.2. The molecule has 2 aromatic rings. The average Bonchev–Trinajstić information content (AvgIpc) is 3.43. The monoisotopic (exact) mass is 482 g/mol. The van der Waals surface area contributed by atoms with E-state index in [9.17, 15) is 9.90 Å². The Balaban J connectivity index is 1.21. The number of amides is 1. The molecule has 0 spiro atoms. The van der Waals surface area contributed by atoms with Crippen LogP contribution < -0.4 is 14.5 Å². The van der Waals surface area contributed by atoms with Crippen molar-refractivity contribution < 1.29 is 14.6 Å². The molecule has 2 fully saturated rings. The normalized spacial score (nSPS) is 20.2. The van der Waals surface area contributed by atoms with E-state index in [1.165, 1.54) is 5.56 Å². The number of benzene rings is 1. The lowest BCUT2D eigenvalue weighted by Gasteiger charge is -2.29. The van der Waals surface area contributed by atoms with E-state index in [1.807, 2.05) is 49.1 Å². The third-order valence-electron chi connectivity index (χ3n) is 6.71. The fraction of sp³-hybridized carbons (Fsp3) is 0.577. The van der Waals surface area contributed by atoms with Crippen molar-refractivity contribution in [1.29, 1.82) is 0 Å². The van der Waals surface area contributed by atoms with E-state index in [4.69, 9.17) is 4.74 Å². The second-order valence-corrected chi connectivity index (χ2v) is 10.0. The molecule has 9 heteroatoms. The molecule has 2 aliphatic rings. The summed E-state index contributed by atoms with van der Waals surface area (Å²) in [7, 11) is 5.96. The van der Waals surface area contributed by atoms with E-state index in [0.717, 1.165) is 56.4 Å². The van der Waals surface area contributed by atoms with Gasteiger partial charge in [-0.3, -0.25) is 9.69 Å². The molecule has 35 heavy (non-hydrogen) atoms. The molecule has 1 amide bonds. The van der Waals surface area contributed by atoms with Crippen molar-refractivity contribution in [3.63, 3.8) is 0 Å². The summed E-state index contributed by atoms with van der Waals surface area (Å²) in [6.07, 6.45) is 4.79. The van der Waals surface area contributed by atoms with E-state index < -0.39 is 5.60 Å². The van der Waals surface area contributed by atoms with Gasteiger partial charge < -0.3 is 24.5 Å². The molecule has 2 aliphatic heterocycles. The maximum atomic E-state index is 11.7. The molecule has 0 bridgehead atoms. The Morgan fingerprint density at radius 3 is 2.66 bits per heavy atom. The van der Waals surface area contributed by atoms with E-state index in [0.29, 0.717) is 32.5 Å². The molecule has 9 nitrogen and oxygen atoms in total. The molecular formula is C26H38N6O3. The Bertz CT molecular complexity index is 985. The van der Waals surface area contributed by atoms with E-state index in [1.54, 1.807) is 6.33 Å². The molecule has 4 rings (SSSR count). The van der Waals surface area contributed by atoms with Crippen molar-refractivity contribution in [2.24, 2.45) is 0 Å². The zero-order valence-corrected chi connectivity index (χ0v) is 21.2. The number of anilines is 2. The van der Waals surface area contributed by atoms with E-state index >= 15 is 0 Å². The molecule has 190 valence electrons. The number of likely N-dealkylation sites (tertiary alicyclic amines) is 1. The minimum Gasteiger partial charge on any atom is -0.494 e. The van der Waals surface area contributed by atoms with Crippen LogP contribution in [0.1, 0.15) is 31.2 Å². The first-order valence-corrected chi connectivity index (χ1v) is 12.5. The molecule has 0 radical (unpaired) electrons. The van der Waals surface area contributed by atoms with Gasteiger partial charge in [0.1, 0.15) is 23.7 Å². The number of hydrogen-bond acceptors (Lipinski definition) is 8. The predicted molar refractivity (Wildman–Crippen MR) is 137 cm³/mol. The molecule has 1 aromatic heterocycles. The Morgan fingerprint density at radius 2 is 1.94 bits per heavy atom. The SMILES string of the molecule is CN(Cc1ccc(OCCCN2CCCC2=O)cc1)CC1(O)CCN(c2cc(N(C)C)ncn2)C1. The molecule has 1 N–H and O–H groups in total. The van der Waals surface area contributed by atoms with Crippen LogP contribution in [0.2, 0.25) is 0 Å². The summed E-state index contributed by atoms with van der Waals surface area (Å²) in [5.41, 5.74) is 0.394. The Morgan fingerprint density at radius 1 is 1.14 bits per heavy atom. The first-order valence-electron chi connectivity index (χ1n) is 12.5. The molecule has 0 saturated carbocycles. The van der Waals surface area contributed by atoms with Gasteiger partial charge in [0.2, 0.25) is 5.91 Å². The number of rotatable bonds is 11. The third-order valence-corrected chi connectivity index (χ3v) is 6.71. The highest BCUT2D eigenvalue weighted by molar-refractivity contribution is 5.78. The molecular weight excluding hydrogens is 444 g/mol. The van der Waals surface area contributed by atoms with E-state index in [2.05, 4.69) is 31.9 Å².